The number of nitrogen functional groups attached to an aromatic ring is 1. The van der Waals surface area contributed by atoms with Crippen molar-refractivity contribution in [3.05, 3.63) is 46.5 Å². The van der Waals surface area contributed by atoms with Gasteiger partial charge in [0.15, 0.2) is 0 Å². The fourth-order valence-corrected chi connectivity index (χ4v) is 1.37. The summed E-state index contributed by atoms with van der Waals surface area (Å²) in [5, 5.41) is 3.15. The standard InChI is InChI=1S/C13H18N2S/c1-9-7-12(14)13(8-10(9)2)15-6-4-5-11(3)16/h4-8,15-16H,14H2,1-3H3/b6-4+,11-5-. The molecule has 3 N–H and O–H groups in total. The van der Waals surface area contributed by atoms with E-state index in [-0.39, 0.29) is 0 Å². The first kappa shape index (κ1) is 12.7. The average molecular weight is 234 g/mol. The Bertz CT molecular complexity index is 430. The van der Waals surface area contributed by atoms with Crippen LogP contribution in [-0.2, 0) is 0 Å². The predicted octanol–water partition coefficient (Wildman–Crippen LogP) is 3.64. The highest BCUT2D eigenvalue weighted by atomic mass is 32.1. The molecule has 86 valence electrons. The van der Waals surface area contributed by atoms with E-state index in [9.17, 15) is 0 Å². The molecule has 0 fully saturated rings. The number of rotatable bonds is 3. The summed E-state index contributed by atoms with van der Waals surface area (Å²) in [6, 6.07) is 4.03. The SMILES string of the molecule is C/C(S)=C/C=C/Nc1cc(C)c(C)cc1N. The van der Waals surface area contributed by atoms with Gasteiger partial charge < -0.3 is 11.1 Å². The third kappa shape index (κ3) is 3.66. The average Bonchev–Trinajstić information content (AvgIpc) is 2.19. The van der Waals surface area contributed by atoms with E-state index in [1.165, 1.54) is 11.1 Å². The molecule has 0 radical (unpaired) electrons. The Morgan fingerprint density at radius 2 is 1.94 bits per heavy atom. The smallest absolute Gasteiger partial charge is 0.0616 e. The van der Waals surface area contributed by atoms with Gasteiger partial charge in [0.25, 0.3) is 0 Å². The number of anilines is 2. The quantitative estimate of drug-likeness (QED) is 0.424. The summed E-state index contributed by atoms with van der Waals surface area (Å²) >= 11 is 4.17. The van der Waals surface area contributed by atoms with Crippen molar-refractivity contribution in [3.8, 4) is 0 Å². The predicted molar refractivity (Wildman–Crippen MR) is 75.8 cm³/mol. The van der Waals surface area contributed by atoms with Crippen molar-refractivity contribution < 1.29 is 0 Å². The molecule has 0 spiro atoms. The molecule has 16 heavy (non-hydrogen) atoms. The highest BCUT2D eigenvalue weighted by molar-refractivity contribution is 7.84. The third-order valence-electron chi connectivity index (χ3n) is 2.34. The Labute approximate surface area is 103 Å². The van der Waals surface area contributed by atoms with Gasteiger partial charge in [0.05, 0.1) is 11.4 Å². The molecule has 0 aliphatic carbocycles. The number of hydrogen-bond acceptors (Lipinski definition) is 3. The van der Waals surface area contributed by atoms with Crippen LogP contribution in [0.5, 0.6) is 0 Å². The van der Waals surface area contributed by atoms with E-state index >= 15 is 0 Å². The van der Waals surface area contributed by atoms with Gasteiger partial charge in [-0.15, -0.1) is 12.6 Å². The largest absolute Gasteiger partial charge is 0.397 e. The van der Waals surface area contributed by atoms with Crippen LogP contribution in [0.15, 0.2) is 35.4 Å². The second-order valence-corrected chi connectivity index (χ2v) is 4.54. The Kier molecular flexibility index (Phi) is 4.50. The van der Waals surface area contributed by atoms with Crippen LogP contribution in [0.3, 0.4) is 0 Å². The molecule has 0 bridgehead atoms. The topological polar surface area (TPSA) is 38.0 Å². The maximum absolute atomic E-state index is 5.91. The lowest BCUT2D eigenvalue weighted by atomic mass is 10.1. The van der Waals surface area contributed by atoms with Gasteiger partial charge in [0.2, 0.25) is 0 Å². The zero-order chi connectivity index (χ0) is 12.1. The maximum Gasteiger partial charge on any atom is 0.0616 e. The van der Waals surface area contributed by atoms with Gasteiger partial charge in [-0.25, -0.2) is 0 Å². The maximum atomic E-state index is 5.91. The molecule has 0 aromatic heterocycles. The summed E-state index contributed by atoms with van der Waals surface area (Å²) in [5.74, 6) is 0. The van der Waals surface area contributed by atoms with Crippen LogP contribution < -0.4 is 11.1 Å². The monoisotopic (exact) mass is 234 g/mol. The van der Waals surface area contributed by atoms with Crippen molar-refractivity contribution in [2.75, 3.05) is 11.1 Å². The lowest BCUT2D eigenvalue weighted by Crippen LogP contribution is -1.96. The minimum absolute atomic E-state index is 0.763. The molecule has 0 amide bonds. The van der Waals surface area contributed by atoms with Gasteiger partial charge >= 0.3 is 0 Å². The van der Waals surface area contributed by atoms with E-state index in [4.69, 9.17) is 5.73 Å². The van der Waals surface area contributed by atoms with Crippen LogP contribution in [-0.4, -0.2) is 0 Å². The van der Waals surface area contributed by atoms with Crippen molar-refractivity contribution in [2.24, 2.45) is 0 Å². The second-order valence-electron chi connectivity index (χ2n) is 3.84. The number of aryl methyl sites for hydroxylation is 2. The lowest BCUT2D eigenvalue weighted by Gasteiger charge is -2.08. The summed E-state index contributed by atoms with van der Waals surface area (Å²) in [5.41, 5.74) is 10.0. The van der Waals surface area contributed by atoms with Crippen molar-refractivity contribution in [3.63, 3.8) is 0 Å². The van der Waals surface area contributed by atoms with Gasteiger partial charge in [0.1, 0.15) is 0 Å². The van der Waals surface area contributed by atoms with E-state index in [0.717, 1.165) is 16.3 Å². The Morgan fingerprint density at radius 3 is 2.56 bits per heavy atom. The molecular weight excluding hydrogens is 216 g/mol. The van der Waals surface area contributed by atoms with Gasteiger partial charge in [-0.2, -0.15) is 0 Å². The van der Waals surface area contributed by atoms with Crippen LogP contribution >= 0.6 is 12.6 Å². The molecule has 1 aromatic rings. The first-order valence-corrected chi connectivity index (χ1v) is 5.61. The molecule has 0 atom stereocenters. The van der Waals surface area contributed by atoms with Gasteiger partial charge in [-0.1, -0.05) is 6.08 Å². The van der Waals surface area contributed by atoms with Gasteiger partial charge in [-0.05, 0) is 55.0 Å². The normalized spacial score (nSPS) is 12.1. The Balaban J connectivity index is 2.78. The molecule has 1 aromatic carbocycles. The lowest BCUT2D eigenvalue weighted by molar-refractivity contribution is 1.34. The summed E-state index contributed by atoms with van der Waals surface area (Å²) in [6.07, 6.45) is 5.66. The van der Waals surface area contributed by atoms with Crippen LogP contribution in [0.1, 0.15) is 18.1 Å². The molecule has 0 saturated carbocycles. The van der Waals surface area contributed by atoms with E-state index < -0.39 is 0 Å². The Hall–Kier alpha value is -1.35. The molecule has 3 heteroatoms. The molecule has 0 aliphatic heterocycles. The number of allylic oxidation sites excluding steroid dienone is 3. The minimum atomic E-state index is 0.763. The zero-order valence-electron chi connectivity index (χ0n) is 9.91. The molecule has 0 unspecified atom stereocenters. The van der Waals surface area contributed by atoms with Gasteiger partial charge in [0, 0.05) is 6.20 Å². The summed E-state index contributed by atoms with van der Waals surface area (Å²) in [7, 11) is 0. The van der Waals surface area contributed by atoms with E-state index in [1.807, 2.05) is 37.4 Å². The number of hydrogen-bond donors (Lipinski definition) is 3. The zero-order valence-corrected chi connectivity index (χ0v) is 10.8. The van der Waals surface area contributed by atoms with Crippen LogP contribution in [0.25, 0.3) is 0 Å². The first-order chi connectivity index (χ1) is 7.50. The number of benzene rings is 1. The fourth-order valence-electron chi connectivity index (χ4n) is 1.29. The van der Waals surface area contributed by atoms with Crippen molar-refractivity contribution in [2.45, 2.75) is 20.8 Å². The molecule has 0 aliphatic rings. The second kappa shape index (κ2) is 5.66. The molecule has 0 heterocycles. The first-order valence-electron chi connectivity index (χ1n) is 5.16. The molecule has 2 nitrogen and oxygen atoms in total. The van der Waals surface area contributed by atoms with Crippen molar-refractivity contribution >= 4 is 24.0 Å². The molecule has 1 rings (SSSR count). The third-order valence-corrected chi connectivity index (χ3v) is 2.49. The summed E-state index contributed by atoms with van der Waals surface area (Å²) in [4.78, 5) is 0.964. The fraction of sp³-hybridized carbons (Fsp3) is 0.231. The van der Waals surface area contributed by atoms with Gasteiger partial charge in [-0.3, -0.25) is 0 Å². The van der Waals surface area contributed by atoms with Crippen LogP contribution in [0.4, 0.5) is 11.4 Å². The Morgan fingerprint density at radius 1 is 1.31 bits per heavy atom. The molecular formula is C13H18N2S. The van der Waals surface area contributed by atoms with Crippen LogP contribution in [0, 0.1) is 13.8 Å². The highest BCUT2D eigenvalue weighted by Crippen LogP contribution is 2.22. The highest BCUT2D eigenvalue weighted by Gasteiger charge is 1.99. The van der Waals surface area contributed by atoms with E-state index in [1.54, 1.807) is 0 Å². The summed E-state index contributed by atoms with van der Waals surface area (Å²) < 4.78 is 0. The van der Waals surface area contributed by atoms with Crippen LogP contribution in [0.2, 0.25) is 0 Å². The minimum Gasteiger partial charge on any atom is -0.397 e. The summed E-state index contributed by atoms with van der Waals surface area (Å²) in [6.45, 7) is 6.05. The van der Waals surface area contributed by atoms with Crippen molar-refractivity contribution in [1.82, 2.24) is 0 Å². The van der Waals surface area contributed by atoms with Crippen molar-refractivity contribution in [1.29, 1.82) is 0 Å². The number of nitrogens with one attached hydrogen (secondary N) is 1. The van der Waals surface area contributed by atoms with E-state index in [2.05, 4.69) is 31.8 Å². The molecule has 0 saturated heterocycles. The van der Waals surface area contributed by atoms with E-state index in [0.29, 0.717) is 0 Å². The number of nitrogens with two attached hydrogens (primary N) is 1. The number of thiol groups is 1.